The molecule has 2 aromatic rings. The monoisotopic (exact) mass is 201 g/mol. The van der Waals surface area contributed by atoms with Crippen LogP contribution >= 0.6 is 0 Å². The Morgan fingerprint density at radius 2 is 2.07 bits per heavy atom. The van der Waals surface area contributed by atoms with Crippen LogP contribution in [0.1, 0.15) is 0 Å². The van der Waals surface area contributed by atoms with Crippen molar-refractivity contribution in [3.05, 3.63) is 48.5 Å². The summed E-state index contributed by atoms with van der Waals surface area (Å²) in [5.41, 5.74) is 0.605. The van der Waals surface area contributed by atoms with Gasteiger partial charge >= 0.3 is 0 Å². The largest absolute Gasteiger partial charge is 0.456 e. The molecule has 0 unspecified atom stereocenters. The van der Waals surface area contributed by atoms with Crippen LogP contribution in [0.4, 0.5) is 4.39 Å². The third-order valence-electron chi connectivity index (χ3n) is 2.01. The van der Waals surface area contributed by atoms with E-state index in [0.29, 0.717) is 17.0 Å². The molecular weight excluding hydrogens is 192 g/mol. The molecule has 1 aromatic heterocycles. The summed E-state index contributed by atoms with van der Waals surface area (Å²) in [5.74, 6) is 0.809. The number of hydrogen-bond donors (Lipinski definition) is 0. The van der Waals surface area contributed by atoms with Gasteiger partial charge in [0.1, 0.15) is 25.2 Å². The van der Waals surface area contributed by atoms with E-state index in [4.69, 9.17) is 4.74 Å². The summed E-state index contributed by atoms with van der Waals surface area (Å²) in [4.78, 5) is 3.90. The molecule has 0 saturated heterocycles. The van der Waals surface area contributed by atoms with Gasteiger partial charge in [-0.05, 0) is 18.2 Å². The molecule has 0 saturated carbocycles. The van der Waals surface area contributed by atoms with E-state index < -0.39 is 0 Å². The van der Waals surface area contributed by atoms with Gasteiger partial charge in [0.15, 0.2) is 0 Å². The average Bonchev–Trinajstić information content (AvgIpc) is 2.25. The highest BCUT2D eigenvalue weighted by atomic mass is 19.1. The van der Waals surface area contributed by atoms with Crippen molar-refractivity contribution in [2.24, 2.45) is 0 Å². The molecular formula is C11H9BFNO. The van der Waals surface area contributed by atoms with Crippen LogP contribution in [0.15, 0.2) is 42.7 Å². The Hall–Kier alpha value is -1.84. The first-order valence-electron chi connectivity index (χ1n) is 4.60. The Morgan fingerprint density at radius 3 is 2.73 bits per heavy atom. The van der Waals surface area contributed by atoms with E-state index in [0.717, 1.165) is 0 Å². The van der Waals surface area contributed by atoms with Crippen LogP contribution in [0.2, 0.25) is 0 Å². The molecule has 0 aliphatic carbocycles. The van der Waals surface area contributed by atoms with Gasteiger partial charge in [-0.2, -0.15) is 0 Å². The van der Waals surface area contributed by atoms with Gasteiger partial charge in [0, 0.05) is 12.3 Å². The van der Waals surface area contributed by atoms with Crippen LogP contribution in [-0.4, -0.2) is 12.8 Å². The Bertz CT molecular complexity index is 461. The van der Waals surface area contributed by atoms with Crippen LogP contribution in [0.5, 0.6) is 11.5 Å². The summed E-state index contributed by atoms with van der Waals surface area (Å²) in [7, 11) is 1.71. The SMILES string of the molecule is Bc1ccc(Oc2cccnc2)cc1F. The summed E-state index contributed by atoms with van der Waals surface area (Å²) in [6, 6.07) is 8.30. The van der Waals surface area contributed by atoms with Crippen molar-refractivity contribution >= 4 is 13.3 Å². The molecule has 74 valence electrons. The predicted octanol–water partition coefficient (Wildman–Crippen LogP) is 1.27. The van der Waals surface area contributed by atoms with Gasteiger partial charge in [0.2, 0.25) is 0 Å². The van der Waals surface area contributed by atoms with E-state index in [1.54, 1.807) is 44.5 Å². The first-order valence-corrected chi connectivity index (χ1v) is 4.60. The molecule has 1 heterocycles. The molecule has 2 nitrogen and oxygen atoms in total. The number of rotatable bonds is 2. The fourth-order valence-electron chi connectivity index (χ4n) is 1.18. The Labute approximate surface area is 88.1 Å². The molecule has 0 fully saturated rings. The highest BCUT2D eigenvalue weighted by Crippen LogP contribution is 2.19. The number of ether oxygens (including phenoxy) is 1. The molecule has 0 aliphatic heterocycles. The number of halogens is 1. The minimum atomic E-state index is -0.267. The topological polar surface area (TPSA) is 22.1 Å². The molecule has 0 amide bonds. The van der Waals surface area contributed by atoms with Crippen molar-refractivity contribution in [1.82, 2.24) is 4.98 Å². The third kappa shape index (κ3) is 2.34. The zero-order valence-electron chi connectivity index (χ0n) is 8.27. The lowest BCUT2D eigenvalue weighted by molar-refractivity contribution is 0.475. The normalized spacial score (nSPS) is 9.93. The van der Waals surface area contributed by atoms with Gasteiger partial charge in [0.25, 0.3) is 0 Å². The lowest BCUT2D eigenvalue weighted by Crippen LogP contribution is -2.07. The van der Waals surface area contributed by atoms with E-state index in [9.17, 15) is 4.39 Å². The molecule has 0 bridgehead atoms. The molecule has 0 aliphatic rings. The highest BCUT2D eigenvalue weighted by Gasteiger charge is 2.01. The summed E-state index contributed by atoms with van der Waals surface area (Å²) >= 11 is 0. The maximum Gasteiger partial charge on any atom is 0.145 e. The number of pyridine rings is 1. The van der Waals surface area contributed by atoms with Crippen molar-refractivity contribution < 1.29 is 9.13 Å². The number of benzene rings is 1. The van der Waals surface area contributed by atoms with E-state index >= 15 is 0 Å². The van der Waals surface area contributed by atoms with Crippen molar-refractivity contribution in [3.8, 4) is 11.5 Å². The first kappa shape index (κ1) is 9.71. The summed E-state index contributed by atoms with van der Waals surface area (Å²) in [5, 5.41) is 0. The lowest BCUT2D eigenvalue weighted by Gasteiger charge is -2.05. The van der Waals surface area contributed by atoms with Crippen LogP contribution < -0.4 is 10.2 Å². The second-order valence-electron chi connectivity index (χ2n) is 3.20. The summed E-state index contributed by atoms with van der Waals surface area (Å²) in [6.45, 7) is 0. The van der Waals surface area contributed by atoms with Gasteiger partial charge in [-0.25, -0.2) is 4.39 Å². The van der Waals surface area contributed by atoms with Crippen LogP contribution in [0, 0.1) is 5.82 Å². The minimum Gasteiger partial charge on any atom is -0.456 e. The highest BCUT2D eigenvalue weighted by molar-refractivity contribution is 6.32. The van der Waals surface area contributed by atoms with Crippen LogP contribution in [-0.2, 0) is 0 Å². The fraction of sp³-hybridized carbons (Fsp3) is 0. The predicted molar refractivity (Wildman–Crippen MR) is 58.9 cm³/mol. The standard InChI is InChI=1S/C11H9BFNO/c12-10-4-3-8(6-11(10)13)15-9-2-1-5-14-7-9/h1-7H,12H2. The molecule has 0 radical (unpaired) electrons. The Morgan fingerprint density at radius 1 is 1.20 bits per heavy atom. The maximum absolute atomic E-state index is 13.2. The lowest BCUT2D eigenvalue weighted by atomic mass is 9.96. The van der Waals surface area contributed by atoms with Crippen molar-refractivity contribution in [1.29, 1.82) is 0 Å². The number of nitrogens with zero attached hydrogens (tertiary/aromatic N) is 1. The van der Waals surface area contributed by atoms with Gasteiger partial charge in [-0.1, -0.05) is 11.5 Å². The van der Waals surface area contributed by atoms with Gasteiger partial charge in [-0.3, -0.25) is 4.98 Å². The van der Waals surface area contributed by atoms with E-state index in [1.165, 1.54) is 6.07 Å². The molecule has 0 N–H and O–H groups in total. The van der Waals surface area contributed by atoms with Crippen molar-refractivity contribution in [2.45, 2.75) is 0 Å². The molecule has 15 heavy (non-hydrogen) atoms. The molecule has 0 atom stereocenters. The molecule has 4 heteroatoms. The maximum atomic E-state index is 13.2. The van der Waals surface area contributed by atoms with Gasteiger partial charge in [-0.15, -0.1) is 0 Å². The second-order valence-corrected chi connectivity index (χ2v) is 3.20. The smallest absolute Gasteiger partial charge is 0.145 e. The average molecular weight is 201 g/mol. The summed E-state index contributed by atoms with van der Waals surface area (Å²) < 4.78 is 18.6. The number of hydrogen-bond acceptors (Lipinski definition) is 2. The van der Waals surface area contributed by atoms with Crippen molar-refractivity contribution in [3.63, 3.8) is 0 Å². The number of aromatic nitrogens is 1. The van der Waals surface area contributed by atoms with E-state index in [-0.39, 0.29) is 5.82 Å². The quantitative estimate of drug-likeness (QED) is 0.682. The van der Waals surface area contributed by atoms with E-state index in [1.807, 2.05) is 0 Å². The van der Waals surface area contributed by atoms with Gasteiger partial charge < -0.3 is 4.74 Å². The Kier molecular flexibility index (Phi) is 2.67. The molecule has 0 spiro atoms. The fourth-order valence-corrected chi connectivity index (χ4v) is 1.18. The van der Waals surface area contributed by atoms with Gasteiger partial charge in [0.05, 0.1) is 6.20 Å². The van der Waals surface area contributed by atoms with Crippen LogP contribution in [0.25, 0.3) is 0 Å². The van der Waals surface area contributed by atoms with E-state index in [2.05, 4.69) is 4.98 Å². The first-order chi connectivity index (χ1) is 7.25. The zero-order chi connectivity index (χ0) is 10.7. The second kappa shape index (κ2) is 4.13. The molecule has 2 rings (SSSR count). The zero-order valence-corrected chi connectivity index (χ0v) is 8.27. The van der Waals surface area contributed by atoms with Crippen molar-refractivity contribution in [2.75, 3.05) is 0 Å². The molecule has 1 aromatic carbocycles. The van der Waals surface area contributed by atoms with Crippen LogP contribution in [0.3, 0.4) is 0 Å². The Balaban J connectivity index is 2.22. The summed E-state index contributed by atoms with van der Waals surface area (Å²) in [6.07, 6.45) is 3.24. The third-order valence-corrected chi connectivity index (χ3v) is 2.01. The minimum absolute atomic E-state index is 0.267.